The van der Waals surface area contributed by atoms with E-state index in [9.17, 15) is 13.2 Å². The summed E-state index contributed by atoms with van der Waals surface area (Å²) in [5, 5.41) is 6.13. The molecule has 23 heavy (non-hydrogen) atoms. The van der Waals surface area contributed by atoms with Crippen LogP contribution in [0.3, 0.4) is 0 Å². The average molecular weight is 331 g/mol. The molecule has 0 fully saturated rings. The maximum atomic E-state index is 12.5. The zero-order chi connectivity index (χ0) is 17.1. The predicted molar refractivity (Wildman–Crippen MR) is 85.4 cm³/mol. The van der Waals surface area contributed by atoms with Crippen LogP contribution in [0.5, 0.6) is 0 Å². The molecule has 0 heterocycles. The van der Waals surface area contributed by atoms with Crippen LogP contribution >= 0.6 is 0 Å². The third kappa shape index (κ3) is 7.88. The smallest absolute Gasteiger partial charge is 0.380 e. The van der Waals surface area contributed by atoms with Crippen LogP contribution in [0.15, 0.2) is 29.3 Å². The summed E-state index contributed by atoms with van der Waals surface area (Å²) in [6.45, 7) is 4.45. The first kappa shape index (κ1) is 19.3. The summed E-state index contributed by atoms with van der Waals surface area (Å²) in [4.78, 5) is 4.05. The maximum Gasteiger partial charge on any atom is 0.416 e. The number of rotatable bonds is 8. The molecule has 1 rings (SSSR count). The second-order valence-electron chi connectivity index (χ2n) is 5.01. The number of nitrogens with one attached hydrogen (secondary N) is 2. The molecule has 0 aliphatic carbocycles. The summed E-state index contributed by atoms with van der Waals surface area (Å²) in [5.41, 5.74) is 0.105. The quantitative estimate of drug-likeness (QED) is 0.437. The minimum Gasteiger partial charge on any atom is -0.380 e. The molecule has 2 N–H and O–H groups in total. The number of unbranched alkanes of at least 4 members (excludes halogenated alkanes) is 1. The van der Waals surface area contributed by atoms with Gasteiger partial charge in [0.25, 0.3) is 0 Å². The summed E-state index contributed by atoms with van der Waals surface area (Å²) >= 11 is 0. The van der Waals surface area contributed by atoms with E-state index in [1.54, 1.807) is 7.05 Å². The van der Waals surface area contributed by atoms with Gasteiger partial charge in [0.1, 0.15) is 0 Å². The Labute approximate surface area is 135 Å². The predicted octanol–water partition coefficient (Wildman–Crippen LogP) is 3.19. The molecular weight excluding hydrogens is 307 g/mol. The van der Waals surface area contributed by atoms with Crippen LogP contribution in [0.1, 0.15) is 30.9 Å². The van der Waals surface area contributed by atoms with Crippen molar-refractivity contribution < 1.29 is 17.9 Å². The number of halogens is 3. The zero-order valence-electron chi connectivity index (χ0n) is 13.5. The Bertz CT molecular complexity index is 472. The van der Waals surface area contributed by atoms with Gasteiger partial charge in [-0.25, -0.2) is 0 Å². The van der Waals surface area contributed by atoms with E-state index in [1.807, 2.05) is 0 Å². The first-order valence-corrected chi connectivity index (χ1v) is 7.65. The van der Waals surface area contributed by atoms with Gasteiger partial charge in [-0.1, -0.05) is 25.5 Å². The van der Waals surface area contributed by atoms with E-state index >= 15 is 0 Å². The van der Waals surface area contributed by atoms with Gasteiger partial charge in [0.2, 0.25) is 0 Å². The molecule has 1 aromatic rings. The van der Waals surface area contributed by atoms with Gasteiger partial charge in [-0.15, -0.1) is 0 Å². The molecule has 7 heteroatoms. The molecule has 0 aliphatic heterocycles. The molecule has 4 nitrogen and oxygen atoms in total. The zero-order valence-corrected chi connectivity index (χ0v) is 13.5. The molecule has 1 aromatic carbocycles. The molecule has 0 aliphatic rings. The Morgan fingerprint density at radius 3 is 2.39 bits per heavy atom. The first-order valence-electron chi connectivity index (χ1n) is 7.65. The van der Waals surface area contributed by atoms with Gasteiger partial charge in [-0.3, -0.25) is 4.99 Å². The number of aliphatic imine (C=N–C) groups is 1. The molecule has 0 atom stereocenters. The van der Waals surface area contributed by atoms with Crippen molar-refractivity contribution in [2.75, 3.05) is 26.8 Å². The SMILES string of the molecule is CCCCOCCNC(=NC)NCc1ccc(C(F)(F)F)cc1. The lowest BCUT2D eigenvalue weighted by molar-refractivity contribution is -0.137. The number of hydrogen-bond donors (Lipinski definition) is 2. The van der Waals surface area contributed by atoms with E-state index in [4.69, 9.17) is 4.74 Å². The van der Waals surface area contributed by atoms with E-state index in [2.05, 4.69) is 22.5 Å². The van der Waals surface area contributed by atoms with Crippen LogP contribution in [-0.4, -0.2) is 32.8 Å². The number of benzene rings is 1. The van der Waals surface area contributed by atoms with E-state index in [1.165, 1.54) is 12.1 Å². The topological polar surface area (TPSA) is 45.6 Å². The highest BCUT2D eigenvalue weighted by molar-refractivity contribution is 5.79. The van der Waals surface area contributed by atoms with Gasteiger partial charge in [-0.2, -0.15) is 13.2 Å². The largest absolute Gasteiger partial charge is 0.416 e. The van der Waals surface area contributed by atoms with Gasteiger partial charge in [-0.05, 0) is 24.1 Å². The van der Waals surface area contributed by atoms with Crippen molar-refractivity contribution in [2.24, 2.45) is 4.99 Å². The molecule has 0 bridgehead atoms. The summed E-state index contributed by atoms with van der Waals surface area (Å²) < 4.78 is 42.9. The maximum absolute atomic E-state index is 12.5. The minimum atomic E-state index is -4.30. The second kappa shape index (κ2) is 10.1. The first-order chi connectivity index (χ1) is 11.0. The Morgan fingerprint density at radius 1 is 1.13 bits per heavy atom. The monoisotopic (exact) mass is 331 g/mol. The molecule has 0 saturated heterocycles. The van der Waals surface area contributed by atoms with Crippen LogP contribution in [0.4, 0.5) is 13.2 Å². The lowest BCUT2D eigenvalue weighted by atomic mass is 10.1. The standard InChI is InChI=1S/C16H24F3N3O/c1-3-4-10-23-11-9-21-15(20-2)22-12-13-5-7-14(8-6-13)16(17,18)19/h5-8H,3-4,9-12H2,1-2H3,(H2,20,21,22). The minimum absolute atomic E-state index is 0.397. The van der Waals surface area contributed by atoms with Crippen molar-refractivity contribution >= 4 is 5.96 Å². The van der Waals surface area contributed by atoms with Gasteiger partial charge in [0.05, 0.1) is 12.2 Å². The average Bonchev–Trinajstić information content (AvgIpc) is 2.53. The molecule has 0 amide bonds. The molecule has 0 aromatic heterocycles. The third-order valence-corrected chi connectivity index (χ3v) is 3.15. The summed E-state index contributed by atoms with van der Waals surface area (Å²) in [7, 11) is 1.64. The number of guanidine groups is 1. The molecule has 130 valence electrons. The fraction of sp³-hybridized carbons (Fsp3) is 0.562. The van der Waals surface area contributed by atoms with E-state index < -0.39 is 11.7 Å². The van der Waals surface area contributed by atoms with Crippen molar-refractivity contribution in [2.45, 2.75) is 32.5 Å². The molecular formula is C16H24F3N3O. The Balaban J connectivity index is 2.31. The Morgan fingerprint density at radius 2 is 1.83 bits per heavy atom. The van der Waals surface area contributed by atoms with Gasteiger partial charge >= 0.3 is 6.18 Å². The van der Waals surface area contributed by atoms with Crippen LogP contribution < -0.4 is 10.6 Å². The summed E-state index contributed by atoms with van der Waals surface area (Å²) in [5.74, 6) is 0.587. The van der Waals surface area contributed by atoms with Crippen LogP contribution in [0.25, 0.3) is 0 Å². The highest BCUT2D eigenvalue weighted by Crippen LogP contribution is 2.28. The summed E-state index contributed by atoms with van der Waals surface area (Å²) in [6.07, 6.45) is -2.16. The van der Waals surface area contributed by atoms with Crippen molar-refractivity contribution in [1.29, 1.82) is 0 Å². The number of alkyl halides is 3. The Kier molecular flexibility index (Phi) is 8.47. The third-order valence-electron chi connectivity index (χ3n) is 3.15. The Hall–Kier alpha value is -1.76. The molecule has 0 spiro atoms. The van der Waals surface area contributed by atoms with Gasteiger partial charge in [0.15, 0.2) is 5.96 Å². The fourth-order valence-electron chi connectivity index (χ4n) is 1.81. The van der Waals surface area contributed by atoms with Crippen molar-refractivity contribution in [3.63, 3.8) is 0 Å². The van der Waals surface area contributed by atoms with Crippen LogP contribution in [0.2, 0.25) is 0 Å². The molecule has 0 unspecified atom stereocenters. The van der Waals surface area contributed by atoms with E-state index in [0.29, 0.717) is 25.7 Å². The van der Waals surface area contributed by atoms with Crippen LogP contribution in [0, 0.1) is 0 Å². The van der Waals surface area contributed by atoms with Crippen molar-refractivity contribution in [1.82, 2.24) is 10.6 Å². The number of nitrogens with zero attached hydrogens (tertiary/aromatic N) is 1. The van der Waals surface area contributed by atoms with Crippen molar-refractivity contribution in [3.05, 3.63) is 35.4 Å². The molecule has 0 saturated carbocycles. The van der Waals surface area contributed by atoms with Gasteiger partial charge in [0, 0.05) is 26.7 Å². The number of ether oxygens (including phenoxy) is 1. The summed E-state index contributed by atoms with van der Waals surface area (Å²) in [6, 6.07) is 5.07. The highest BCUT2D eigenvalue weighted by atomic mass is 19.4. The molecule has 0 radical (unpaired) electrons. The van der Waals surface area contributed by atoms with Gasteiger partial charge < -0.3 is 15.4 Å². The van der Waals surface area contributed by atoms with E-state index in [-0.39, 0.29) is 0 Å². The second-order valence-corrected chi connectivity index (χ2v) is 5.01. The normalized spacial score (nSPS) is 12.3. The lowest BCUT2D eigenvalue weighted by Crippen LogP contribution is -2.38. The number of hydrogen-bond acceptors (Lipinski definition) is 2. The van der Waals surface area contributed by atoms with E-state index in [0.717, 1.165) is 37.1 Å². The highest BCUT2D eigenvalue weighted by Gasteiger charge is 2.29. The fourth-order valence-corrected chi connectivity index (χ4v) is 1.81. The van der Waals surface area contributed by atoms with Crippen molar-refractivity contribution in [3.8, 4) is 0 Å². The lowest BCUT2D eigenvalue weighted by Gasteiger charge is -2.13. The van der Waals surface area contributed by atoms with Crippen LogP contribution in [-0.2, 0) is 17.5 Å².